The summed E-state index contributed by atoms with van der Waals surface area (Å²) in [5, 5.41) is 10.6. The fourth-order valence-electron chi connectivity index (χ4n) is 3.11. The molecule has 1 saturated heterocycles. The number of sulfonamides is 1. The van der Waals surface area contributed by atoms with Gasteiger partial charge in [0.1, 0.15) is 25.7 Å². The Balaban J connectivity index is 1.82. The molecule has 140 valence electrons. The van der Waals surface area contributed by atoms with E-state index >= 15 is 0 Å². The molecule has 1 aliphatic rings. The molecule has 0 bridgehead atoms. The van der Waals surface area contributed by atoms with Crippen LogP contribution >= 0.6 is 0 Å². The number of aliphatic hydroxyl groups excluding tert-OH is 1. The second kappa shape index (κ2) is 8.64. The summed E-state index contributed by atoms with van der Waals surface area (Å²) in [6, 6.07) is 17.2. The van der Waals surface area contributed by atoms with Crippen molar-refractivity contribution in [1.82, 2.24) is 0 Å². The fourth-order valence-corrected chi connectivity index (χ4v) is 4.63. The molecule has 26 heavy (non-hydrogen) atoms. The van der Waals surface area contributed by atoms with Gasteiger partial charge in [0.2, 0.25) is 0 Å². The van der Waals surface area contributed by atoms with Crippen molar-refractivity contribution in [1.29, 1.82) is 0 Å². The first-order valence-corrected chi connectivity index (χ1v) is 10.2. The first kappa shape index (κ1) is 18.8. The lowest BCUT2D eigenvalue weighted by atomic mass is 10.2. The summed E-state index contributed by atoms with van der Waals surface area (Å²) in [7, 11) is -3.75. The van der Waals surface area contributed by atoms with Gasteiger partial charge >= 0.3 is 0 Å². The van der Waals surface area contributed by atoms with Crippen LogP contribution in [0.15, 0.2) is 65.6 Å². The van der Waals surface area contributed by atoms with E-state index in [1.54, 1.807) is 54.6 Å². The first-order valence-electron chi connectivity index (χ1n) is 8.79. The van der Waals surface area contributed by atoms with Crippen molar-refractivity contribution < 1.29 is 23.2 Å². The molecule has 0 unspecified atom stereocenters. The van der Waals surface area contributed by atoms with Crippen LogP contribution in [0.4, 0.5) is 5.69 Å². The monoisotopic (exact) mass is 377 g/mol. The lowest BCUT2D eigenvalue weighted by Gasteiger charge is -2.30. The van der Waals surface area contributed by atoms with E-state index in [9.17, 15) is 13.5 Å². The molecule has 0 aromatic heterocycles. The lowest BCUT2D eigenvalue weighted by molar-refractivity contribution is -0.910. The molecule has 0 spiro atoms. The Morgan fingerprint density at radius 2 is 1.58 bits per heavy atom. The van der Waals surface area contributed by atoms with Gasteiger partial charge in [-0.2, -0.15) is 0 Å². The smallest absolute Gasteiger partial charge is 0.264 e. The highest BCUT2D eigenvalue weighted by atomic mass is 32.2. The van der Waals surface area contributed by atoms with Gasteiger partial charge in [-0.05, 0) is 24.3 Å². The van der Waals surface area contributed by atoms with E-state index in [0.29, 0.717) is 25.4 Å². The third-order valence-corrected chi connectivity index (χ3v) is 6.28. The molecule has 0 saturated carbocycles. The summed E-state index contributed by atoms with van der Waals surface area (Å²) in [5.41, 5.74) is 0.549. The molecule has 0 radical (unpaired) electrons. The topological polar surface area (TPSA) is 71.3 Å². The third-order valence-electron chi connectivity index (χ3n) is 4.48. The van der Waals surface area contributed by atoms with Crippen molar-refractivity contribution in [3.05, 3.63) is 60.7 Å². The molecule has 1 atom stereocenters. The zero-order valence-electron chi connectivity index (χ0n) is 14.6. The molecule has 2 aromatic rings. The number of benzene rings is 2. The Bertz CT molecular complexity index is 778. The average molecular weight is 377 g/mol. The summed E-state index contributed by atoms with van der Waals surface area (Å²) in [5.74, 6) is 0. The zero-order valence-corrected chi connectivity index (χ0v) is 15.4. The molecule has 0 aliphatic carbocycles. The highest BCUT2D eigenvalue weighted by Crippen LogP contribution is 2.23. The van der Waals surface area contributed by atoms with Crippen molar-refractivity contribution in [3.8, 4) is 0 Å². The van der Waals surface area contributed by atoms with E-state index in [1.165, 1.54) is 9.21 Å². The van der Waals surface area contributed by atoms with Crippen molar-refractivity contribution in [3.63, 3.8) is 0 Å². The normalized spacial score (nSPS) is 17.0. The SMILES string of the molecule is O=S(=O)(c1ccccc1)N(C[C@H](O)C[NH+]1CCOCC1)c1ccccc1. The molecule has 1 aliphatic heterocycles. The molecular formula is C19H25N2O4S+. The molecule has 1 fully saturated rings. The number of rotatable bonds is 7. The van der Waals surface area contributed by atoms with Gasteiger partial charge in [-0.3, -0.25) is 4.31 Å². The fraction of sp³-hybridized carbons (Fsp3) is 0.368. The molecule has 7 heteroatoms. The van der Waals surface area contributed by atoms with Crippen LogP contribution in [0.5, 0.6) is 0 Å². The molecule has 2 aromatic carbocycles. The van der Waals surface area contributed by atoms with Crippen LogP contribution in [-0.2, 0) is 14.8 Å². The summed E-state index contributed by atoms with van der Waals surface area (Å²) in [6.45, 7) is 3.52. The maximum absolute atomic E-state index is 13.1. The van der Waals surface area contributed by atoms with Crippen LogP contribution in [0.25, 0.3) is 0 Å². The number of hydrogen-bond acceptors (Lipinski definition) is 4. The number of nitrogens with one attached hydrogen (secondary N) is 1. The van der Waals surface area contributed by atoms with Gasteiger partial charge < -0.3 is 14.7 Å². The van der Waals surface area contributed by atoms with Crippen molar-refractivity contribution >= 4 is 15.7 Å². The van der Waals surface area contributed by atoms with Gasteiger partial charge in [0.05, 0.1) is 30.3 Å². The second-order valence-corrected chi connectivity index (χ2v) is 8.27. The lowest BCUT2D eigenvalue weighted by Crippen LogP contribution is -3.15. The van der Waals surface area contributed by atoms with Gasteiger partial charge in [-0.1, -0.05) is 36.4 Å². The molecule has 0 amide bonds. The number of anilines is 1. The van der Waals surface area contributed by atoms with Crippen molar-refractivity contribution in [2.75, 3.05) is 43.7 Å². The standard InChI is InChI=1S/C19H24N2O4S/c22-18(15-20-11-13-25-14-12-20)16-21(17-7-3-1-4-8-17)26(23,24)19-9-5-2-6-10-19/h1-10,18,22H,11-16H2/p+1/t18-/m1/s1. The molecule has 3 rings (SSSR count). The number of aliphatic hydroxyl groups is 1. The quantitative estimate of drug-likeness (QED) is 0.721. The number of para-hydroxylation sites is 1. The van der Waals surface area contributed by atoms with Gasteiger partial charge in [0, 0.05) is 0 Å². The third kappa shape index (κ3) is 4.62. The highest BCUT2D eigenvalue weighted by molar-refractivity contribution is 7.92. The Kier molecular flexibility index (Phi) is 6.26. The highest BCUT2D eigenvalue weighted by Gasteiger charge is 2.28. The molecular weight excluding hydrogens is 352 g/mol. The molecule has 2 N–H and O–H groups in total. The summed E-state index contributed by atoms with van der Waals surface area (Å²) in [6.07, 6.45) is -0.762. The van der Waals surface area contributed by atoms with E-state index in [4.69, 9.17) is 4.74 Å². The van der Waals surface area contributed by atoms with Crippen molar-refractivity contribution in [2.45, 2.75) is 11.0 Å². The Morgan fingerprint density at radius 3 is 2.19 bits per heavy atom. The van der Waals surface area contributed by atoms with Gasteiger partial charge in [-0.15, -0.1) is 0 Å². The van der Waals surface area contributed by atoms with E-state index in [1.807, 2.05) is 6.07 Å². The van der Waals surface area contributed by atoms with Gasteiger partial charge in [-0.25, -0.2) is 8.42 Å². The maximum Gasteiger partial charge on any atom is 0.264 e. The summed E-state index contributed by atoms with van der Waals surface area (Å²) in [4.78, 5) is 1.45. The minimum atomic E-state index is -3.75. The average Bonchev–Trinajstić information content (AvgIpc) is 2.68. The van der Waals surface area contributed by atoms with E-state index in [2.05, 4.69) is 0 Å². The predicted octanol–water partition coefficient (Wildman–Crippen LogP) is 0.158. The largest absolute Gasteiger partial charge is 0.385 e. The summed E-state index contributed by atoms with van der Waals surface area (Å²) >= 11 is 0. The van der Waals surface area contributed by atoms with Crippen LogP contribution in [-0.4, -0.2) is 59.0 Å². The number of nitrogens with zero attached hydrogens (tertiary/aromatic N) is 1. The maximum atomic E-state index is 13.1. The molecule has 1 heterocycles. The number of morpholine rings is 1. The van der Waals surface area contributed by atoms with Crippen LogP contribution < -0.4 is 9.21 Å². The Labute approximate surface area is 154 Å². The van der Waals surface area contributed by atoms with Gasteiger partial charge in [0.15, 0.2) is 0 Å². The summed E-state index contributed by atoms with van der Waals surface area (Å²) < 4.78 is 32.9. The number of ether oxygens (including phenoxy) is 1. The van der Waals surface area contributed by atoms with Crippen LogP contribution in [0.1, 0.15) is 0 Å². The van der Waals surface area contributed by atoms with E-state index < -0.39 is 16.1 Å². The van der Waals surface area contributed by atoms with E-state index in [-0.39, 0.29) is 11.4 Å². The zero-order chi connectivity index (χ0) is 18.4. The number of quaternary nitrogens is 1. The Morgan fingerprint density at radius 1 is 1.00 bits per heavy atom. The number of hydrogen-bond donors (Lipinski definition) is 2. The first-order chi connectivity index (χ1) is 12.6. The minimum absolute atomic E-state index is 0.0194. The second-order valence-electron chi connectivity index (χ2n) is 6.41. The van der Waals surface area contributed by atoms with Crippen molar-refractivity contribution in [2.24, 2.45) is 0 Å². The van der Waals surface area contributed by atoms with Crippen LogP contribution in [0.2, 0.25) is 0 Å². The predicted molar refractivity (Wildman–Crippen MR) is 99.8 cm³/mol. The Hall–Kier alpha value is -1.93. The molecule has 6 nitrogen and oxygen atoms in total. The van der Waals surface area contributed by atoms with Crippen LogP contribution in [0.3, 0.4) is 0 Å². The van der Waals surface area contributed by atoms with Crippen LogP contribution in [0, 0.1) is 0 Å². The van der Waals surface area contributed by atoms with Gasteiger partial charge in [0.25, 0.3) is 10.0 Å². The van der Waals surface area contributed by atoms with E-state index in [0.717, 1.165) is 13.1 Å². The minimum Gasteiger partial charge on any atom is -0.385 e.